The maximum Gasteiger partial charge on any atom is 0.127 e. The van der Waals surface area contributed by atoms with E-state index in [1.165, 1.54) is 11.6 Å². The fourth-order valence-corrected chi connectivity index (χ4v) is 2.15. The van der Waals surface area contributed by atoms with Gasteiger partial charge in [0, 0.05) is 11.6 Å². The number of benzene rings is 2. The predicted molar refractivity (Wildman–Crippen MR) is 73.0 cm³/mol. The van der Waals surface area contributed by atoms with E-state index in [1.807, 2.05) is 37.3 Å². The van der Waals surface area contributed by atoms with Crippen LogP contribution in [-0.2, 0) is 6.42 Å². The van der Waals surface area contributed by atoms with Crippen molar-refractivity contribution in [3.63, 3.8) is 0 Å². The Balaban J connectivity index is 2.21. The molecule has 0 aliphatic carbocycles. The molecule has 1 N–H and O–H groups in total. The van der Waals surface area contributed by atoms with Crippen LogP contribution >= 0.6 is 0 Å². The highest BCUT2D eigenvalue weighted by molar-refractivity contribution is 5.25. The molecule has 18 heavy (non-hydrogen) atoms. The standard InChI is InChI=1S/C16H18FN/c1-2-18-16(12-13-8-4-3-5-9-13)14-10-6-7-11-15(14)17/h3-11,16,18H,2,12H2,1H3. The van der Waals surface area contributed by atoms with E-state index in [1.54, 1.807) is 6.07 Å². The van der Waals surface area contributed by atoms with Gasteiger partial charge in [-0.2, -0.15) is 0 Å². The van der Waals surface area contributed by atoms with Crippen molar-refractivity contribution in [3.8, 4) is 0 Å². The lowest BCUT2D eigenvalue weighted by Crippen LogP contribution is -2.23. The molecular weight excluding hydrogens is 225 g/mol. The Hall–Kier alpha value is -1.67. The van der Waals surface area contributed by atoms with Crippen LogP contribution in [0.15, 0.2) is 54.6 Å². The van der Waals surface area contributed by atoms with E-state index in [2.05, 4.69) is 17.4 Å². The van der Waals surface area contributed by atoms with Gasteiger partial charge in [0.15, 0.2) is 0 Å². The van der Waals surface area contributed by atoms with E-state index < -0.39 is 0 Å². The van der Waals surface area contributed by atoms with Crippen molar-refractivity contribution in [2.75, 3.05) is 6.54 Å². The summed E-state index contributed by atoms with van der Waals surface area (Å²) in [6, 6.07) is 17.2. The van der Waals surface area contributed by atoms with E-state index in [4.69, 9.17) is 0 Å². The third-order valence-corrected chi connectivity index (χ3v) is 3.01. The third-order valence-electron chi connectivity index (χ3n) is 3.01. The lowest BCUT2D eigenvalue weighted by atomic mass is 9.98. The molecule has 0 heterocycles. The molecule has 1 unspecified atom stereocenters. The fraction of sp³-hybridized carbons (Fsp3) is 0.250. The minimum absolute atomic E-state index is 0.0265. The SMILES string of the molecule is CCNC(Cc1ccccc1)c1ccccc1F. The molecule has 0 bridgehead atoms. The smallest absolute Gasteiger partial charge is 0.127 e. The number of nitrogens with one attached hydrogen (secondary N) is 1. The molecule has 0 fully saturated rings. The summed E-state index contributed by atoms with van der Waals surface area (Å²) >= 11 is 0. The summed E-state index contributed by atoms with van der Waals surface area (Å²) in [5.41, 5.74) is 1.95. The first-order valence-corrected chi connectivity index (χ1v) is 6.33. The van der Waals surface area contributed by atoms with Gasteiger partial charge in [0.1, 0.15) is 5.82 Å². The van der Waals surface area contributed by atoms with Gasteiger partial charge in [-0.15, -0.1) is 0 Å². The molecule has 0 saturated heterocycles. The molecule has 1 nitrogen and oxygen atoms in total. The Bertz CT molecular complexity index is 481. The van der Waals surface area contributed by atoms with E-state index in [9.17, 15) is 4.39 Å². The fourth-order valence-electron chi connectivity index (χ4n) is 2.15. The summed E-state index contributed by atoms with van der Waals surface area (Å²) < 4.78 is 13.8. The van der Waals surface area contributed by atoms with Gasteiger partial charge in [0.25, 0.3) is 0 Å². The van der Waals surface area contributed by atoms with Gasteiger partial charge >= 0.3 is 0 Å². The maximum atomic E-state index is 13.8. The van der Waals surface area contributed by atoms with E-state index in [-0.39, 0.29) is 11.9 Å². The summed E-state index contributed by atoms with van der Waals surface area (Å²) in [5.74, 6) is -0.139. The third kappa shape index (κ3) is 3.17. The van der Waals surface area contributed by atoms with E-state index in [0.717, 1.165) is 18.5 Å². The van der Waals surface area contributed by atoms with Crippen LogP contribution in [0, 0.1) is 5.82 Å². The highest BCUT2D eigenvalue weighted by Gasteiger charge is 2.14. The van der Waals surface area contributed by atoms with Crippen molar-refractivity contribution in [1.29, 1.82) is 0 Å². The predicted octanol–water partition coefficient (Wildman–Crippen LogP) is 3.72. The molecule has 0 amide bonds. The van der Waals surface area contributed by atoms with Gasteiger partial charge in [-0.25, -0.2) is 4.39 Å². The van der Waals surface area contributed by atoms with Gasteiger partial charge in [-0.05, 0) is 24.6 Å². The first-order valence-electron chi connectivity index (χ1n) is 6.33. The Morgan fingerprint density at radius 3 is 2.33 bits per heavy atom. The second kappa shape index (κ2) is 6.31. The Morgan fingerprint density at radius 2 is 1.67 bits per heavy atom. The minimum atomic E-state index is -0.139. The molecule has 2 rings (SSSR count). The molecular formula is C16H18FN. The van der Waals surface area contributed by atoms with Crippen LogP contribution in [0.5, 0.6) is 0 Å². The van der Waals surface area contributed by atoms with Crippen molar-refractivity contribution in [1.82, 2.24) is 5.32 Å². The summed E-state index contributed by atoms with van der Waals surface area (Å²) in [6.07, 6.45) is 0.801. The Labute approximate surface area is 108 Å². The van der Waals surface area contributed by atoms with Crippen LogP contribution in [0.1, 0.15) is 24.1 Å². The van der Waals surface area contributed by atoms with Gasteiger partial charge in [0.05, 0.1) is 0 Å². The van der Waals surface area contributed by atoms with E-state index in [0.29, 0.717) is 0 Å². The zero-order valence-electron chi connectivity index (χ0n) is 10.6. The molecule has 0 aliphatic rings. The summed E-state index contributed by atoms with van der Waals surface area (Å²) in [6.45, 7) is 2.87. The first kappa shape index (κ1) is 12.8. The van der Waals surface area contributed by atoms with Gasteiger partial charge in [0.2, 0.25) is 0 Å². The van der Waals surface area contributed by atoms with Crippen molar-refractivity contribution in [2.24, 2.45) is 0 Å². The molecule has 1 atom stereocenters. The van der Waals surface area contributed by atoms with Crippen LogP contribution in [0.2, 0.25) is 0 Å². The second-order valence-corrected chi connectivity index (χ2v) is 4.32. The van der Waals surface area contributed by atoms with Crippen LogP contribution in [0.3, 0.4) is 0 Å². The van der Waals surface area contributed by atoms with Crippen molar-refractivity contribution >= 4 is 0 Å². The number of rotatable bonds is 5. The highest BCUT2D eigenvalue weighted by Crippen LogP contribution is 2.21. The molecule has 0 spiro atoms. The Kier molecular flexibility index (Phi) is 4.48. The van der Waals surface area contributed by atoms with Crippen molar-refractivity contribution < 1.29 is 4.39 Å². The zero-order chi connectivity index (χ0) is 12.8. The van der Waals surface area contributed by atoms with Crippen LogP contribution < -0.4 is 5.32 Å². The molecule has 0 saturated carbocycles. The van der Waals surface area contributed by atoms with Gasteiger partial charge in [-0.3, -0.25) is 0 Å². The highest BCUT2D eigenvalue weighted by atomic mass is 19.1. The van der Waals surface area contributed by atoms with Crippen LogP contribution in [0.4, 0.5) is 4.39 Å². The topological polar surface area (TPSA) is 12.0 Å². The van der Waals surface area contributed by atoms with Gasteiger partial charge < -0.3 is 5.32 Å². The summed E-state index contributed by atoms with van der Waals surface area (Å²) in [4.78, 5) is 0. The molecule has 94 valence electrons. The zero-order valence-corrected chi connectivity index (χ0v) is 10.6. The van der Waals surface area contributed by atoms with E-state index >= 15 is 0 Å². The first-order chi connectivity index (χ1) is 8.81. The molecule has 0 aromatic heterocycles. The average Bonchev–Trinajstić information content (AvgIpc) is 2.40. The molecule has 2 heteroatoms. The number of hydrogen-bond acceptors (Lipinski definition) is 1. The van der Waals surface area contributed by atoms with Gasteiger partial charge in [-0.1, -0.05) is 55.5 Å². The summed E-state index contributed by atoms with van der Waals surface area (Å²) in [5, 5.41) is 3.35. The normalized spacial score (nSPS) is 12.3. The van der Waals surface area contributed by atoms with Crippen molar-refractivity contribution in [2.45, 2.75) is 19.4 Å². The lowest BCUT2D eigenvalue weighted by Gasteiger charge is -2.19. The quantitative estimate of drug-likeness (QED) is 0.844. The molecule has 2 aromatic rings. The number of halogens is 1. The maximum absolute atomic E-state index is 13.8. The monoisotopic (exact) mass is 243 g/mol. The molecule has 2 aromatic carbocycles. The minimum Gasteiger partial charge on any atom is -0.310 e. The largest absolute Gasteiger partial charge is 0.310 e. The van der Waals surface area contributed by atoms with Crippen molar-refractivity contribution in [3.05, 3.63) is 71.5 Å². The lowest BCUT2D eigenvalue weighted by molar-refractivity contribution is 0.510. The summed E-state index contributed by atoms with van der Waals surface area (Å²) in [7, 11) is 0. The number of likely N-dealkylation sites (N-methyl/N-ethyl adjacent to an activating group) is 1. The molecule has 0 aliphatic heterocycles. The molecule has 0 radical (unpaired) electrons. The van der Waals surface area contributed by atoms with Crippen LogP contribution in [0.25, 0.3) is 0 Å². The second-order valence-electron chi connectivity index (χ2n) is 4.32. The number of hydrogen-bond donors (Lipinski definition) is 1. The average molecular weight is 243 g/mol. The van der Waals surface area contributed by atoms with Crippen LogP contribution in [-0.4, -0.2) is 6.54 Å². The Morgan fingerprint density at radius 1 is 1.00 bits per heavy atom.